The van der Waals surface area contributed by atoms with Crippen LogP contribution in [0.15, 0.2) is 47.6 Å². The van der Waals surface area contributed by atoms with E-state index in [1.165, 1.54) is 59.3 Å². The normalized spacial score (nSPS) is 17.2. The van der Waals surface area contributed by atoms with Gasteiger partial charge in [-0.2, -0.15) is 0 Å². The molecule has 1 amide bonds. The number of fused-ring (bicyclic) bond motifs is 3. The fourth-order valence-corrected chi connectivity index (χ4v) is 5.52. The van der Waals surface area contributed by atoms with Gasteiger partial charge < -0.3 is 14.5 Å². The number of thioether (sulfide) groups is 1. The van der Waals surface area contributed by atoms with E-state index >= 15 is 0 Å². The maximum absolute atomic E-state index is 13.0. The van der Waals surface area contributed by atoms with E-state index in [1.807, 2.05) is 13.0 Å². The van der Waals surface area contributed by atoms with Crippen LogP contribution in [-0.2, 0) is 11.3 Å². The van der Waals surface area contributed by atoms with Gasteiger partial charge in [0.05, 0.1) is 5.25 Å². The van der Waals surface area contributed by atoms with E-state index in [4.69, 9.17) is 0 Å². The molecule has 6 rings (SSSR count). The van der Waals surface area contributed by atoms with E-state index in [-0.39, 0.29) is 11.2 Å². The summed E-state index contributed by atoms with van der Waals surface area (Å²) in [5.41, 5.74) is 3.25. The average Bonchev–Trinajstić information content (AvgIpc) is 3.74. The van der Waals surface area contributed by atoms with Crippen LogP contribution in [0.5, 0.6) is 0 Å². The summed E-state index contributed by atoms with van der Waals surface area (Å²) in [5, 5.41) is 15.1. The topological polar surface area (TPSA) is 64.7 Å². The Morgan fingerprint density at radius 1 is 1.09 bits per heavy atom. The number of carbonyl (C=O) groups is 1. The molecule has 164 valence electrons. The second-order valence-corrected chi connectivity index (χ2v) is 10.3. The third-order valence-corrected chi connectivity index (χ3v) is 7.61. The standard InChI is InChI=1S/C25H27N5OS/c1-3-29-21-7-5-4-6-19(21)20-14-17(10-13-22(20)29)26-24(31)15(2)32-25-28-27-23(16-8-9-16)30(25)18-11-12-18/h4-7,10,13-16,18H,3,8-9,11-12H2,1-2H3,(H,26,31)/t15-/m0/s1. The first-order valence-electron chi connectivity index (χ1n) is 11.6. The van der Waals surface area contributed by atoms with Crippen LogP contribution in [0.1, 0.15) is 57.3 Å². The Bertz CT molecular complexity index is 1330. The Hall–Kier alpha value is -2.80. The predicted octanol–water partition coefficient (Wildman–Crippen LogP) is 5.74. The number of aryl methyl sites for hydroxylation is 1. The maximum Gasteiger partial charge on any atom is 0.237 e. The number of aromatic nitrogens is 4. The second-order valence-electron chi connectivity index (χ2n) is 8.96. The van der Waals surface area contributed by atoms with Crippen LogP contribution in [0.4, 0.5) is 5.69 Å². The lowest BCUT2D eigenvalue weighted by molar-refractivity contribution is -0.115. The number of anilines is 1. The summed E-state index contributed by atoms with van der Waals surface area (Å²) in [6.07, 6.45) is 4.81. The number of carbonyl (C=O) groups excluding carboxylic acids is 1. The van der Waals surface area contributed by atoms with Crippen LogP contribution in [0.2, 0.25) is 0 Å². The van der Waals surface area contributed by atoms with Crippen LogP contribution < -0.4 is 5.32 Å². The molecule has 1 atom stereocenters. The molecule has 0 spiro atoms. The van der Waals surface area contributed by atoms with Gasteiger partial charge in [-0.1, -0.05) is 30.0 Å². The van der Waals surface area contributed by atoms with Crippen molar-refractivity contribution in [3.63, 3.8) is 0 Å². The molecule has 2 aliphatic carbocycles. The highest BCUT2D eigenvalue weighted by molar-refractivity contribution is 8.00. The Kier molecular flexibility index (Phi) is 4.75. The Labute approximate surface area is 191 Å². The zero-order chi connectivity index (χ0) is 21.8. The quantitative estimate of drug-likeness (QED) is 0.369. The fourth-order valence-electron chi connectivity index (χ4n) is 4.59. The molecular weight excluding hydrogens is 418 g/mol. The summed E-state index contributed by atoms with van der Waals surface area (Å²) in [7, 11) is 0. The van der Waals surface area contributed by atoms with E-state index in [0.717, 1.165) is 23.2 Å². The number of rotatable bonds is 7. The van der Waals surface area contributed by atoms with Crippen molar-refractivity contribution in [1.29, 1.82) is 0 Å². The third kappa shape index (κ3) is 3.39. The van der Waals surface area contributed by atoms with Gasteiger partial charge in [-0.25, -0.2) is 0 Å². The average molecular weight is 446 g/mol. The summed E-state index contributed by atoms with van der Waals surface area (Å²) in [6, 6.07) is 15.2. The van der Waals surface area contributed by atoms with Crippen LogP contribution in [-0.4, -0.2) is 30.5 Å². The van der Waals surface area contributed by atoms with Gasteiger partial charge in [0.1, 0.15) is 5.82 Å². The van der Waals surface area contributed by atoms with E-state index in [1.54, 1.807) is 0 Å². The highest BCUT2D eigenvalue weighted by atomic mass is 32.2. The first kappa shape index (κ1) is 19.9. The molecule has 2 aromatic heterocycles. The fraction of sp³-hybridized carbons (Fsp3) is 0.400. The monoisotopic (exact) mass is 445 g/mol. The van der Waals surface area contributed by atoms with E-state index in [9.17, 15) is 4.79 Å². The van der Waals surface area contributed by atoms with Crippen LogP contribution >= 0.6 is 11.8 Å². The number of nitrogens with one attached hydrogen (secondary N) is 1. The van der Waals surface area contributed by atoms with Crippen molar-refractivity contribution in [3.8, 4) is 0 Å². The van der Waals surface area contributed by atoms with Crippen molar-refractivity contribution in [2.45, 2.75) is 68.4 Å². The van der Waals surface area contributed by atoms with Crippen LogP contribution in [0.25, 0.3) is 21.8 Å². The first-order chi connectivity index (χ1) is 15.6. The molecule has 1 N–H and O–H groups in total. The first-order valence-corrected chi connectivity index (χ1v) is 12.4. The zero-order valence-corrected chi connectivity index (χ0v) is 19.2. The smallest absolute Gasteiger partial charge is 0.237 e. The van der Waals surface area contributed by atoms with Crippen molar-refractivity contribution in [2.75, 3.05) is 5.32 Å². The summed E-state index contributed by atoms with van der Waals surface area (Å²) in [4.78, 5) is 13.0. The lowest BCUT2D eigenvalue weighted by Gasteiger charge is -2.13. The molecule has 0 bridgehead atoms. The lowest BCUT2D eigenvalue weighted by Crippen LogP contribution is -2.23. The molecule has 2 aliphatic rings. The Morgan fingerprint density at radius 2 is 1.88 bits per heavy atom. The number of benzene rings is 2. The van der Waals surface area contributed by atoms with E-state index < -0.39 is 0 Å². The zero-order valence-electron chi connectivity index (χ0n) is 18.4. The van der Waals surface area contributed by atoms with Gasteiger partial charge in [0.25, 0.3) is 0 Å². The SMILES string of the molecule is CCn1c2ccccc2c2cc(NC(=O)[C@H](C)Sc3nnc(C4CC4)n3C3CC3)ccc21. The van der Waals surface area contributed by atoms with Gasteiger partial charge in [-0.15, -0.1) is 10.2 Å². The number of para-hydroxylation sites is 1. The van der Waals surface area contributed by atoms with Crippen molar-refractivity contribution in [1.82, 2.24) is 19.3 Å². The number of nitrogens with zero attached hydrogens (tertiary/aromatic N) is 4. The van der Waals surface area contributed by atoms with Gasteiger partial charge in [0, 0.05) is 46.0 Å². The minimum Gasteiger partial charge on any atom is -0.341 e. The van der Waals surface area contributed by atoms with Gasteiger partial charge in [0.15, 0.2) is 5.16 Å². The molecule has 7 heteroatoms. The maximum atomic E-state index is 13.0. The minimum absolute atomic E-state index is 0.00750. The van der Waals surface area contributed by atoms with Gasteiger partial charge in [-0.3, -0.25) is 4.79 Å². The predicted molar refractivity (Wildman–Crippen MR) is 129 cm³/mol. The summed E-state index contributed by atoms with van der Waals surface area (Å²) >= 11 is 1.52. The Balaban J connectivity index is 1.24. The largest absolute Gasteiger partial charge is 0.341 e. The molecule has 0 unspecified atom stereocenters. The minimum atomic E-state index is -0.253. The van der Waals surface area contributed by atoms with E-state index in [0.29, 0.717) is 12.0 Å². The second kappa shape index (κ2) is 7.66. The van der Waals surface area contributed by atoms with Crippen LogP contribution in [0.3, 0.4) is 0 Å². The molecule has 2 fully saturated rings. The van der Waals surface area contributed by atoms with E-state index in [2.05, 4.69) is 68.0 Å². The summed E-state index contributed by atoms with van der Waals surface area (Å²) < 4.78 is 4.62. The number of hydrogen-bond donors (Lipinski definition) is 1. The van der Waals surface area contributed by atoms with Crippen LogP contribution in [0, 0.1) is 0 Å². The molecule has 2 heterocycles. The molecule has 2 saturated carbocycles. The summed E-state index contributed by atoms with van der Waals surface area (Å²) in [6.45, 7) is 5.02. The number of hydrogen-bond acceptors (Lipinski definition) is 4. The molecule has 4 aromatic rings. The highest BCUT2D eigenvalue weighted by Gasteiger charge is 2.37. The van der Waals surface area contributed by atoms with Crippen molar-refractivity contribution in [2.24, 2.45) is 0 Å². The van der Waals surface area contributed by atoms with Crippen molar-refractivity contribution < 1.29 is 4.79 Å². The molecule has 32 heavy (non-hydrogen) atoms. The molecule has 0 saturated heterocycles. The Morgan fingerprint density at radius 3 is 2.62 bits per heavy atom. The number of amides is 1. The highest BCUT2D eigenvalue weighted by Crippen LogP contribution is 2.46. The summed E-state index contributed by atoms with van der Waals surface area (Å²) in [5.74, 6) is 1.69. The molecule has 2 aromatic carbocycles. The third-order valence-electron chi connectivity index (χ3n) is 6.55. The molecule has 0 radical (unpaired) electrons. The van der Waals surface area contributed by atoms with Crippen molar-refractivity contribution >= 4 is 45.2 Å². The van der Waals surface area contributed by atoms with Gasteiger partial charge in [-0.05, 0) is 63.8 Å². The van der Waals surface area contributed by atoms with Crippen molar-refractivity contribution in [3.05, 3.63) is 48.3 Å². The molecule has 6 nitrogen and oxygen atoms in total. The van der Waals surface area contributed by atoms with Gasteiger partial charge >= 0.3 is 0 Å². The molecular formula is C25H27N5OS. The molecule has 0 aliphatic heterocycles. The van der Waals surface area contributed by atoms with Gasteiger partial charge in [0.2, 0.25) is 5.91 Å². The lowest BCUT2D eigenvalue weighted by atomic mass is 10.1.